The molecule has 3 rings (SSSR count). The molecule has 5 nitrogen and oxygen atoms in total. The van der Waals surface area contributed by atoms with Crippen molar-refractivity contribution in [3.8, 4) is 0 Å². The lowest BCUT2D eigenvalue weighted by atomic mass is 9.54. The van der Waals surface area contributed by atoms with Gasteiger partial charge in [0, 0.05) is 11.6 Å². The molecule has 156 valence electrons. The van der Waals surface area contributed by atoms with Crippen molar-refractivity contribution in [1.29, 1.82) is 0 Å². The van der Waals surface area contributed by atoms with Crippen LogP contribution >= 0.6 is 0 Å². The SMILES string of the molecule is Cc1ccc(S(=O)(=O)NN=C2C(C)CCC3(O)C(C)CCC(C(C)C)C23)cc1. The van der Waals surface area contributed by atoms with Crippen LogP contribution in [0.2, 0.25) is 0 Å². The first-order valence-electron chi connectivity index (χ1n) is 10.4. The van der Waals surface area contributed by atoms with Crippen molar-refractivity contribution in [1.82, 2.24) is 4.83 Å². The molecule has 0 saturated heterocycles. The van der Waals surface area contributed by atoms with Gasteiger partial charge >= 0.3 is 0 Å². The van der Waals surface area contributed by atoms with Crippen LogP contribution in [0, 0.1) is 36.5 Å². The zero-order chi connectivity index (χ0) is 20.7. The Morgan fingerprint density at radius 2 is 1.79 bits per heavy atom. The molecule has 2 aliphatic rings. The number of aliphatic hydroxyl groups is 1. The van der Waals surface area contributed by atoms with Crippen molar-refractivity contribution in [2.75, 3.05) is 0 Å². The number of nitrogens with one attached hydrogen (secondary N) is 1. The van der Waals surface area contributed by atoms with Crippen molar-refractivity contribution in [3.63, 3.8) is 0 Å². The molecule has 0 amide bonds. The Kier molecular flexibility index (Phi) is 5.93. The molecule has 0 spiro atoms. The standard InChI is InChI=1S/C22H34N2O3S/c1-14(2)19-11-8-17(5)22(25)13-12-16(4)21(20(19)22)23-24-28(26,27)18-9-6-15(3)7-10-18/h6-7,9-10,14,16-17,19-20,24-25H,8,11-13H2,1-5H3. The second-order valence-corrected chi connectivity index (χ2v) is 10.9. The molecule has 1 aromatic rings. The Balaban J connectivity index is 1.96. The summed E-state index contributed by atoms with van der Waals surface area (Å²) < 4.78 is 25.5. The van der Waals surface area contributed by atoms with Crippen LogP contribution in [-0.4, -0.2) is 24.8 Å². The average Bonchev–Trinajstić information content (AvgIpc) is 2.63. The Labute approximate surface area is 169 Å². The molecule has 2 aliphatic carbocycles. The third-order valence-electron chi connectivity index (χ3n) is 7.04. The van der Waals surface area contributed by atoms with Crippen LogP contribution in [0.15, 0.2) is 34.3 Å². The van der Waals surface area contributed by atoms with Gasteiger partial charge in [-0.2, -0.15) is 13.5 Å². The number of rotatable bonds is 4. The van der Waals surface area contributed by atoms with E-state index in [0.29, 0.717) is 11.8 Å². The van der Waals surface area contributed by atoms with Gasteiger partial charge in [0.05, 0.1) is 10.5 Å². The number of hydrogen-bond acceptors (Lipinski definition) is 4. The minimum Gasteiger partial charge on any atom is -0.389 e. The Bertz CT molecular complexity index is 832. The molecule has 1 aromatic carbocycles. The molecule has 0 aromatic heterocycles. The summed E-state index contributed by atoms with van der Waals surface area (Å²) in [5, 5.41) is 16.0. The van der Waals surface area contributed by atoms with E-state index in [1.54, 1.807) is 24.3 Å². The van der Waals surface area contributed by atoms with Crippen molar-refractivity contribution in [2.24, 2.45) is 34.7 Å². The minimum absolute atomic E-state index is 0.0966. The Hall–Kier alpha value is -1.40. The highest BCUT2D eigenvalue weighted by atomic mass is 32.2. The summed E-state index contributed by atoms with van der Waals surface area (Å²) in [5.74, 6) is 0.969. The highest BCUT2D eigenvalue weighted by molar-refractivity contribution is 7.89. The number of nitrogens with zero attached hydrogens (tertiary/aromatic N) is 1. The number of hydrogen-bond donors (Lipinski definition) is 2. The maximum Gasteiger partial charge on any atom is 0.276 e. The molecular weight excluding hydrogens is 372 g/mol. The molecule has 5 unspecified atom stereocenters. The van der Waals surface area contributed by atoms with Crippen molar-refractivity contribution in [2.45, 2.75) is 70.8 Å². The average molecular weight is 407 g/mol. The molecule has 0 heterocycles. The second-order valence-electron chi connectivity index (χ2n) is 9.24. The number of hydrazone groups is 1. The predicted molar refractivity (Wildman–Crippen MR) is 112 cm³/mol. The van der Waals surface area contributed by atoms with Crippen molar-refractivity contribution in [3.05, 3.63) is 29.8 Å². The molecular formula is C22H34N2O3S. The summed E-state index contributed by atoms with van der Waals surface area (Å²) in [6.45, 7) is 10.5. The highest BCUT2D eigenvalue weighted by Gasteiger charge is 2.54. The van der Waals surface area contributed by atoms with Gasteiger partial charge in [-0.1, -0.05) is 45.4 Å². The molecule has 2 N–H and O–H groups in total. The first-order chi connectivity index (χ1) is 13.1. The van der Waals surface area contributed by atoms with Gasteiger partial charge in [-0.05, 0) is 68.4 Å². The summed E-state index contributed by atoms with van der Waals surface area (Å²) >= 11 is 0. The smallest absolute Gasteiger partial charge is 0.276 e. The van der Waals surface area contributed by atoms with Gasteiger partial charge in [0.15, 0.2) is 0 Å². The minimum atomic E-state index is -3.73. The summed E-state index contributed by atoms with van der Waals surface area (Å²) in [7, 11) is -3.73. The third-order valence-corrected chi connectivity index (χ3v) is 8.26. The van der Waals surface area contributed by atoms with Crippen LogP contribution in [0.4, 0.5) is 0 Å². The molecule has 0 bridgehead atoms. The fourth-order valence-corrected chi connectivity index (χ4v) is 5.92. The van der Waals surface area contributed by atoms with Gasteiger partial charge < -0.3 is 5.11 Å². The molecule has 28 heavy (non-hydrogen) atoms. The quantitative estimate of drug-likeness (QED) is 0.739. The van der Waals surface area contributed by atoms with E-state index in [9.17, 15) is 13.5 Å². The van der Waals surface area contributed by atoms with Gasteiger partial charge in [0.25, 0.3) is 10.0 Å². The molecule has 0 radical (unpaired) electrons. The lowest BCUT2D eigenvalue weighted by Gasteiger charge is -2.54. The lowest BCUT2D eigenvalue weighted by Crippen LogP contribution is -2.59. The van der Waals surface area contributed by atoms with Crippen LogP contribution in [-0.2, 0) is 10.0 Å². The van der Waals surface area contributed by atoms with E-state index in [-0.39, 0.29) is 22.6 Å². The summed E-state index contributed by atoms with van der Waals surface area (Å²) in [6.07, 6.45) is 3.63. The van der Waals surface area contributed by atoms with Gasteiger partial charge in [-0.25, -0.2) is 4.83 Å². The van der Waals surface area contributed by atoms with Crippen LogP contribution < -0.4 is 4.83 Å². The van der Waals surface area contributed by atoms with E-state index in [2.05, 4.69) is 37.6 Å². The van der Waals surface area contributed by atoms with Crippen LogP contribution in [0.3, 0.4) is 0 Å². The van der Waals surface area contributed by atoms with Gasteiger partial charge in [-0.15, -0.1) is 0 Å². The maximum absolute atomic E-state index is 12.7. The Morgan fingerprint density at radius 1 is 1.14 bits per heavy atom. The zero-order valence-corrected chi connectivity index (χ0v) is 18.5. The van der Waals surface area contributed by atoms with Gasteiger partial charge in [0.2, 0.25) is 0 Å². The molecule has 6 heteroatoms. The number of aryl methyl sites for hydroxylation is 1. The molecule has 5 atom stereocenters. The van der Waals surface area contributed by atoms with Crippen molar-refractivity contribution < 1.29 is 13.5 Å². The first-order valence-corrected chi connectivity index (χ1v) is 11.9. The van der Waals surface area contributed by atoms with E-state index in [1.165, 1.54) is 0 Å². The largest absolute Gasteiger partial charge is 0.389 e. The van der Waals surface area contributed by atoms with E-state index in [0.717, 1.165) is 37.0 Å². The molecule has 2 saturated carbocycles. The van der Waals surface area contributed by atoms with E-state index >= 15 is 0 Å². The van der Waals surface area contributed by atoms with E-state index in [1.807, 2.05) is 6.92 Å². The summed E-state index contributed by atoms with van der Waals surface area (Å²) in [6, 6.07) is 6.75. The normalized spacial score (nSPS) is 35.0. The van der Waals surface area contributed by atoms with E-state index in [4.69, 9.17) is 0 Å². The van der Waals surface area contributed by atoms with Gasteiger partial charge in [-0.3, -0.25) is 0 Å². The van der Waals surface area contributed by atoms with Gasteiger partial charge in [0.1, 0.15) is 0 Å². The fraction of sp³-hybridized carbons (Fsp3) is 0.682. The maximum atomic E-state index is 12.7. The summed E-state index contributed by atoms with van der Waals surface area (Å²) in [4.78, 5) is 2.68. The monoisotopic (exact) mass is 406 g/mol. The zero-order valence-electron chi connectivity index (χ0n) is 17.6. The number of fused-ring (bicyclic) bond motifs is 1. The predicted octanol–water partition coefficient (Wildman–Crippen LogP) is 4.11. The number of sulfonamides is 1. The van der Waals surface area contributed by atoms with E-state index < -0.39 is 15.6 Å². The number of benzene rings is 1. The third kappa shape index (κ3) is 3.86. The fourth-order valence-electron chi connectivity index (χ4n) is 5.10. The first kappa shape index (κ1) is 21.3. The highest BCUT2D eigenvalue weighted by Crippen LogP contribution is 2.51. The van der Waals surface area contributed by atoms with Crippen LogP contribution in [0.25, 0.3) is 0 Å². The topological polar surface area (TPSA) is 78.8 Å². The second kappa shape index (κ2) is 7.79. The van der Waals surface area contributed by atoms with Crippen LogP contribution in [0.1, 0.15) is 58.9 Å². The lowest BCUT2D eigenvalue weighted by molar-refractivity contribution is -0.111. The molecule has 2 fully saturated rings. The molecule has 0 aliphatic heterocycles. The Morgan fingerprint density at radius 3 is 2.39 bits per heavy atom. The van der Waals surface area contributed by atoms with Crippen LogP contribution in [0.5, 0.6) is 0 Å². The van der Waals surface area contributed by atoms with Crippen molar-refractivity contribution >= 4 is 15.7 Å². The summed E-state index contributed by atoms with van der Waals surface area (Å²) in [5.41, 5.74) is 1.02.